The van der Waals surface area contributed by atoms with E-state index in [4.69, 9.17) is 12.2 Å². The number of non-ortho nitro benzene ring substituents is 1. The number of nitrogens with one attached hydrogen (secondary N) is 3. The highest BCUT2D eigenvalue weighted by atomic mass is 32.1. The van der Waals surface area contributed by atoms with Gasteiger partial charge < -0.3 is 10.6 Å². The number of unbranched alkanes of at least 4 members (excludes halogenated alkanes) is 1. The molecule has 2 atom stereocenters. The van der Waals surface area contributed by atoms with Crippen molar-refractivity contribution in [2.75, 3.05) is 6.54 Å². The molecule has 1 aromatic rings. The van der Waals surface area contributed by atoms with E-state index in [1.807, 2.05) is 0 Å². The molecule has 0 bridgehead atoms. The minimum Gasteiger partial charge on any atom is -0.361 e. The lowest BCUT2D eigenvalue weighted by atomic mass is 9.92. The van der Waals surface area contributed by atoms with Crippen molar-refractivity contribution in [3.8, 4) is 0 Å². The SMILES string of the molecule is CCCC[C@@H](CC)CNC(=S)NN1C(=O)N[C@](C)(c2ccc([N+](=O)[O-])cc2)C1=O. The standard InChI is InChI=1S/C19H27N5O4S/c1-4-6-7-13(5-2)12-20-17(29)22-23-16(25)19(3,21-18(23)26)14-8-10-15(11-9-14)24(27)28/h8-11,13H,4-7,12H2,1-3H3,(H,21,26)(H2,20,22,29)/t13-,19-/m1/s1. The summed E-state index contributed by atoms with van der Waals surface area (Å²) in [6, 6.07) is 4.86. The number of imide groups is 1. The molecule has 1 heterocycles. The molecule has 0 saturated carbocycles. The Hall–Kier alpha value is -2.75. The second-order valence-electron chi connectivity index (χ2n) is 7.24. The molecule has 0 aromatic heterocycles. The zero-order chi connectivity index (χ0) is 21.6. The summed E-state index contributed by atoms with van der Waals surface area (Å²) in [6.07, 6.45) is 4.37. The molecule has 10 heteroatoms. The molecule has 29 heavy (non-hydrogen) atoms. The number of benzene rings is 1. The van der Waals surface area contributed by atoms with Gasteiger partial charge in [0.05, 0.1) is 4.92 Å². The Morgan fingerprint density at radius 1 is 1.31 bits per heavy atom. The van der Waals surface area contributed by atoms with Crippen molar-refractivity contribution in [1.82, 2.24) is 21.1 Å². The number of hydrazine groups is 1. The van der Waals surface area contributed by atoms with Gasteiger partial charge in [0.1, 0.15) is 5.54 Å². The number of carbonyl (C=O) groups excluding carboxylic acids is 2. The molecule has 1 fully saturated rings. The maximum absolute atomic E-state index is 12.9. The molecule has 0 spiro atoms. The first-order chi connectivity index (χ1) is 13.7. The molecule has 0 radical (unpaired) electrons. The lowest BCUT2D eigenvalue weighted by molar-refractivity contribution is -0.384. The third-order valence-corrected chi connectivity index (χ3v) is 5.39. The fourth-order valence-electron chi connectivity index (χ4n) is 3.17. The van der Waals surface area contributed by atoms with Crippen molar-refractivity contribution >= 4 is 35.0 Å². The maximum atomic E-state index is 12.9. The van der Waals surface area contributed by atoms with E-state index < -0.39 is 22.4 Å². The number of nitrogens with zero attached hydrogens (tertiary/aromatic N) is 2. The molecule has 3 N–H and O–H groups in total. The van der Waals surface area contributed by atoms with E-state index >= 15 is 0 Å². The maximum Gasteiger partial charge on any atom is 0.344 e. The monoisotopic (exact) mass is 421 g/mol. The first-order valence-corrected chi connectivity index (χ1v) is 10.1. The van der Waals surface area contributed by atoms with E-state index in [1.54, 1.807) is 6.92 Å². The lowest BCUT2D eigenvalue weighted by Gasteiger charge is -2.23. The van der Waals surface area contributed by atoms with Crippen LogP contribution in [0.2, 0.25) is 0 Å². The summed E-state index contributed by atoms with van der Waals surface area (Å²) in [5.74, 6) is -0.0818. The van der Waals surface area contributed by atoms with Crippen molar-refractivity contribution in [1.29, 1.82) is 0 Å². The largest absolute Gasteiger partial charge is 0.361 e. The average Bonchev–Trinajstić information content (AvgIpc) is 2.92. The third kappa shape index (κ3) is 5.20. The number of urea groups is 1. The van der Waals surface area contributed by atoms with Gasteiger partial charge in [0.2, 0.25) is 0 Å². The van der Waals surface area contributed by atoms with Gasteiger partial charge in [-0.3, -0.25) is 20.3 Å². The van der Waals surface area contributed by atoms with Crippen molar-refractivity contribution < 1.29 is 14.5 Å². The molecule has 1 aliphatic rings. The Balaban J connectivity index is 2.02. The van der Waals surface area contributed by atoms with E-state index in [-0.39, 0.29) is 10.8 Å². The smallest absolute Gasteiger partial charge is 0.344 e. The fraction of sp³-hybridized carbons (Fsp3) is 0.526. The Labute approximate surface area is 175 Å². The molecular weight excluding hydrogens is 394 g/mol. The third-order valence-electron chi connectivity index (χ3n) is 5.15. The van der Waals surface area contributed by atoms with Crippen LogP contribution in [0.5, 0.6) is 0 Å². The van der Waals surface area contributed by atoms with E-state index in [1.165, 1.54) is 24.3 Å². The van der Waals surface area contributed by atoms with Crippen LogP contribution >= 0.6 is 12.2 Å². The summed E-state index contributed by atoms with van der Waals surface area (Å²) in [7, 11) is 0. The van der Waals surface area contributed by atoms with Crippen LogP contribution in [-0.4, -0.2) is 33.5 Å². The summed E-state index contributed by atoms with van der Waals surface area (Å²) in [4.78, 5) is 35.5. The molecule has 1 saturated heterocycles. The first kappa shape index (κ1) is 22.5. The Morgan fingerprint density at radius 3 is 2.52 bits per heavy atom. The number of nitro groups is 1. The van der Waals surface area contributed by atoms with Crippen molar-refractivity contribution in [2.45, 2.75) is 52.0 Å². The molecule has 158 valence electrons. The molecule has 1 aromatic carbocycles. The van der Waals surface area contributed by atoms with Crippen LogP contribution < -0.4 is 16.1 Å². The molecule has 1 aliphatic heterocycles. The van der Waals surface area contributed by atoms with Crippen molar-refractivity contribution in [3.05, 3.63) is 39.9 Å². The lowest BCUT2D eigenvalue weighted by Crippen LogP contribution is -2.51. The summed E-state index contributed by atoms with van der Waals surface area (Å²) >= 11 is 5.24. The Morgan fingerprint density at radius 2 is 1.97 bits per heavy atom. The van der Waals surface area contributed by atoms with Crippen molar-refractivity contribution in [2.24, 2.45) is 5.92 Å². The van der Waals surface area contributed by atoms with Gasteiger partial charge in [-0.15, -0.1) is 0 Å². The van der Waals surface area contributed by atoms with Gasteiger partial charge in [0.25, 0.3) is 11.6 Å². The van der Waals surface area contributed by atoms with Gasteiger partial charge >= 0.3 is 6.03 Å². The Kier molecular flexibility index (Phi) is 7.49. The summed E-state index contributed by atoms with van der Waals surface area (Å²) < 4.78 is 0. The minimum absolute atomic E-state index is 0.0944. The van der Waals surface area contributed by atoms with Crippen LogP contribution in [0, 0.1) is 16.0 Å². The van der Waals surface area contributed by atoms with Gasteiger partial charge in [-0.1, -0.05) is 33.1 Å². The zero-order valence-electron chi connectivity index (χ0n) is 16.9. The highest BCUT2D eigenvalue weighted by molar-refractivity contribution is 7.80. The molecule has 0 unspecified atom stereocenters. The zero-order valence-corrected chi connectivity index (χ0v) is 17.7. The summed E-state index contributed by atoms with van der Waals surface area (Å²) in [5, 5.41) is 17.5. The van der Waals surface area contributed by atoms with Gasteiger partial charge in [-0.2, -0.15) is 5.01 Å². The number of carbonyl (C=O) groups is 2. The summed E-state index contributed by atoms with van der Waals surface area (Å²) in [5.41, 5.74) is 1.65. The fourth-order valence-corrected chi connectivity index (χ4v) is 3.35. The molecular formula is C19H27N5O4S. The minimum atomic E-state index is -1.35. The van der Waals surface area contributed by atoms with Gasteiger partial charge in [0.15, 0.2) is 5.11 Å². The topological polar surface area (TPSA) is 117 Å². The second-order valence-corrected chi connectivity index (χ2v) is 7.65. The number of hydrogen-bond acceptors (Lipinski definition) is 5. The van der Waals surface area contributed by atoms with Crippen LogP contribution in [0.15, 0.2) is 24.3 Å². The van der Waals surface area contributed by atoms with E-state index in [9.17, 15) is 19.7 Å². The predicted molar refractivity (Wildman–Crippen MR) is 113 cm³/mol. The first-order valence-electron chi connectivity index (χ1n) is 9.69. The van der Waals surface area contributed by atoms with E-state index in [0.29, 0.717) is 18.0 Å². The number of amides is 3. The van der Waals surface area contributed by atoms with Gasteiger partial charge in [0, 0.05) is 18.7 Å². The van der Waals surface area contributed by atoms with Crippen LogP contribution in [0.25, 0.3) is 0 Å². The average molecular weight is 422 g/mol. The second kappa shape index (κ2) is 9.64. The summed E-state index contributed by atoms with van der Waals surface area (Å²) in [6.45, 7) is 6.47. The van der Waals surface area contributed by atoms with Gasteiger partial charge in [-0.25, -0.2) is 4.79 Å². The molecule has 0 aliphatic carbocycles. The van der Waals surface area contributed by atoms with E-state index in [2.05, 4.69) is 29.9 Å². The molecule has 3 amide bonds. The molecule has 2 rings (SSSR count). The van der Waals surface area contributed by atoms with Crippen LogP contribution in [0.4, 0.5) is 10.5 Å². The highest BCUT2D eigenvalue weighted by Gasteiger charge is 2.49. The van der Waals surface area contributed by atoms with Crippen molar-refractivity contribution in [3.63, 3.8) is 0 Å². The number of hydrogen-bond donors (Lipinski definition) is 3. The normalized spacial score (nSPS) is 19.6. The Bertz CT molecular complexity index is 785. The highest BCUT2D eigenvalue weighted by Crippen LogP contribution is 2.29. The quantitative estimate of drug-likeness (QED) is 0.243. The predicted octanol–water partition coefficient (Wildman–Crippen LogP) is 2.96. The number of rotatable bonds is 9. The number of nitro benzene ring substituents is 1. The van der Waals surface area contributed by atoms with Gasteiger partial charge in [-0.05, 0) is 49.2 Å². The number of thiocarbonyl (C=S) groups is 1. The van der Waals surface area contributed by atoms with E-state index in [0.717, 1.165) is 30.7 Å². The van der Waals surface area contributed by atoms with Crippen LogP contribution in [0.3, 0.4) is 0 Å². The molecule has 9 nitrogen and oxygen atoms in total. The van der Waals surface area contributed by atoms with Crippen LogP contribution in [0.1, 0.15) is 52.0 Å². The van der Waals surface area contributed by atoms with Crippen LogP contribution in [-0.2, 0) is 10.3 Å².